The minimum Gasteiger partial charge on any atom is -0.384 e. The fourth-order valence-corrected chi connectivity index (χ4v) is 1.66. The maximum atomic E-state index is 11.7. The van der Waals surface area contributed by atoms with Crippen LogP contribution in [0.25, 0.3) is 0 Å². The minimum atomic E-state index is 0.258. The molecule has 0 bridgehead atoms. The molecule has 0 aromatic heterocycles. The van der Waals surface area contributed by atoms with Crippen LogP contribution in [0.1, 0.15) is 23.7 Å². The molecule has 1 aromatic carbocycles. The summed E-state index contributed by atoms with van der Waals surface area (Å²) in [4.78, 5) is 11.7. The van der Waals surface area contributed by atoms with Gasteiger partial charge in [-0.05, 0) is 18.1 Å². The molecule has 0 aliphatic carbocycles. The number of anilines is 1. The largest absolute Gasteiger partial charge is 0.384 e. The van der Waals surface area contributed by atoms with E-state index in [9.17, 15) is 4.79 Å². The summed E-state index contributed by atoms with van der Waals surface area (Å²) in [5.74, 6) is 0.688. The van der Waals surface area contributed by atoms with Crippen LogP contribution in [0.4, 0.5) is 5.69 Å². The maximum Gasteiger partial charge on any atom is 0.165 e. The number of fused-ring (bicyclic) bond motifs is 1. The third-order valence-electron chi connectivity index (χ3n) is 2.40. The third kappa shape index (κ3) is 1.57. The van der Waals surface area contributed by atoms with Gasteiger partial charge in [0.15, 0.2) is 5.78 Å². The third-order valence-corrected chi connectivity index (χ3v) is 2.40. The van der Waals surface area contributed by atoms with E-state index < -0.39 is 0 Å². The summed E-state index contributed by atoms with van der Waals surface area (Å²) in [6.07, 6.45) is 0.657. The topological polar surface area (TPSA) is 29.1 Å². The highest BCUT2D eigenvalue weighted by atomic mass is 16.1. The number of rotatable bonds is 0. The number of ketones is 1. The van der Waals surface area contributed by atoms with Gasteiger partial charge in [-0.15, -0.1) is 0 Å². The number of nitrogens with one attached hydrogen (secondary N) is 1. The summed E-state index contributed by atoms with van der Waals surface area (Å²) < 4.78 is 0. The van der Waals surface area contributed by atoms with Crippen LogP contribution in [0.15, 0.2) is 24.3 Å². The zero-order valence-corrected chi connectivity index (χ0v) is 7.71. The molecule has 0 radical (unpaired) electrons. The molecular formula is C11H13NO. The van der Waals surface area contributed by atoms with E-state index in [4.69, 9.17) is 0 Å². The van der Waals surface area contributed by atoms with E-state index in [2.05, 4.69) is 12.2 Å². The number of hydrogen-bond acceptors (Lipinski definition) is 2. The standard InChI is InChI=1S/C11H13NO/c1-8-6-11(13)9-4-2-3-5-10(9)12-7-8/h2-5,8,12H,6-7H2,1H3. The Hall–Kier alpha value is -1.31. The first-order valence-corrected chi connectivity index (χ1v) is 4.63. The first-order valence-electron chi connectivity index (χ1n) is 4.63. The Bertz CT molecular complexity index is 333. The molecule has 1 aliphatic heterocycles. The normalized spacial score (nSPS) is 21.6. The van der Waals surface area contributed by atoms with Gasteiger partial charge < -0.3 is 5.32 Å². The van der Waals surface area contributed by atoms with Crippen molar-refractivity contribution in [2.24, 2.45) is 5.92 Å². The highest BCUT2D eigenvalue weighted by Gasteiger charge is 2.18. The molecule has 1 unspecified atom stereocenters. The summed E-state index contributed by atoms with van der Waals surface area (Å²) in [5, 5.41) is 3.28. The molecule has 0 saturated carbocycles. The zero-order chi connectivity index (χ0) is 9.26. The molecule has 1 aromatic rings. The Kier molecular flexibility index (Phi) is 2.05. The van der Waals surface area contributed by atoms with Gasteiger partial charge in [0.05, 0.1) is 0 Å². The van der Waals surface area contributed by atoms with Gasteiger partial charge in [0.25, 0.3) is 0 Å². The molecule has 2 nitrogen and oxygen atoms in total. The molecule has 0 amide bonds. The molecule has 13 heavy (non-hydrogen) atoms. The summed E-state index contributed by atoms with van der Waals surface area (Å²) in [7, 11) is 0. The second-order valence-electron chi connectivity index (χ2n) is 3.66. The summed E-state index contributed by atoms with van der Waals surface area (Å²) >= 11 is 0. The summed E-state index contributed by atoms with van der Waals surface area (Å²) in [6.45, 7) is 2.99. The van der Waals surface area contributed by atoms with E-state index in [-0.39, 0.29) is 5.78 Å². The number of carbonyl (C=O) groups excluding carboxylic acids is 1. The molecule has 1 N–H and O–H groups in total. The van der Waals surface area contributed by atoms with Crippen LogP contribution in [0.2, 0.25) is 0 Å². The molecule has 1 atom stereocenters. The molecule has 0 saturated heterocycles. The van der Waals surface area contributed by atoms with Crippen molar-refractivity contribution in [3.05, 3.63) is 29.8 Å². The number of hydrogen-bond donors (Lipinski definition) is 1. The van der Waals surface area contributed by atoms with Gasteiger partial charge in [-0.3, -0.25) is 4.79 Å². The van der Waals surface area contributed by atoms with Crippen molar-refractivity contribution in [3.63, 3.8) is 0 Å². The lowest BCUT2D eigenvalue weighted by Gasteiger charge is -2.06. The maximum absolute atomic E-state index is 11.7. The van der Waals surface area contributed by atoms with E-state index >= 15 is 0 Å². The van der Waals surface area contributed by atoms with Crippen LogP contribution in [0.3, 0.4) is 0 Å². The SMILES string of the molecule is CC1CNc2ccccc2C(=O)C1. The van der Waals surface area contributed by atoms with E-state index in [1.54, 1.807) is 0 Å². The molecule has 1 aliphatic rings. The lowest BCUT2D eigenvalue weighted by Crippen LogP contribution is -2.09. The van der Waals surface area contributed by atoms with Gasteiger partial charge in [0.1, 0.15) is 0 Å². The predicted molar refractivity (Wildman–Crippen MR) is 53.0 cm³/mol. The quantitative estimate of drug-likeness (QED) is 0.655. The van der Waals surface area contributed by atoms with Gasteiger partial charge in [-0.2, -0.15) is 0 Å². The minimum absolute atomic E-state index is 0.258. The Balaban J connectivity index is 2.40. The Morgan fingerprint density at radius 1 is 1.38 bits per heavy atom. The van der Waals surface area contributed by atoms with Gasteiger partial charge >= 0.3 is 0 Å². The van der Waals surface area contributed by atoms with E-state index in [0.29, 0.717) is 12.3 Å². The van der Waals surface area contributed by atoms with Crippen molar-refractivity contribution in [1.82, 2.24) is 0 Å². The fourth-order valence-electron chi connectivity index (χ4n) is 1.66. The average molecular weight is 175 g/mol. The number of Topliss-reactive ketones (excluding diaryl/α,β-unsaturated/α-hetero) is 1. The van der Waals surface area contributed by atoms with Crippen LogP contribution in [-0.2, 0) is 0 Å². The number of carbonyl (C=O) groups is 1. The van der Waals surface area contributed by atoms with E-state index in [1.807, 2.05) is 24.3 Å². The number of benzene rings is 1. The van der Waals surface area contributed by atoms with Crippen molar-refractivity contribution >= 4 is 11.5 Å². The Morgan fingerprint density at radius 2 is 2.15 bits per heavy atom. The second kappa shape index (κ2) is 3.21. The molecule has 0 spiro atoms. The van der Waals surface area contributed by atoms with Gasteiger partial charge in [0.2, 0.25) is 0 Å². The van der Waals surface area contributed by atoms with Gasteiger partial charge in [-0.25, -0.2) is 0 Å². The van der Waals surface area contributed by atoms with Crippen molar-refractivity contribution < 1.29 is 4.79 Å². The van der Waals surface area contributed by atoms with Crippen molar-refractivity contribution in [1.29, 1.82) is 0 Å². The Labute approximate surface area is 78.0 Å². The van der Waals surface area contributed by atoms with Gasteiger partial charge in [0, 0.05) is 24.2 Å². The van der Waals surface area contributed by atoms with Crippen LogP contribution >= 0.6 is 0 Å². The monoisotopic (exact) mass is 175 g/mol. The summed E-state index contributed by atoms with van der Waals surface area (Å²) in [5.41, 5.74) is 1.82. The van der Waals surface area contributed by atoms with Crippen LogP contribution < -0.4 is 5.32 Å². The lowest BCUT2D eigenvalue weighted by atomic mass is 10.0. The Morgan fingerprint density at radius 3 is 3.00 bits per heavy atom. The smallest absolute Gasteiger partial charge is 0.165 e. The van der Waals surface area contributed by atoms with Crippen molar-refractivity contribution in [2.45, 2.75) is 13.3 Å². The molecule has 68 valence electrons. The fraction of sp³-hybridized carbons (Fsp3) is 0.364. The summed E-state index contributed by atoms with van der Waals surface area (Å²) in [6, 6.07) is 7.72. The highest BCUT2D eigenvalue weighted by Crippen LogP contribution is 2.22. The highest BCUT2D eigenvalue weighted by molar-refractivity contribution is 6.01. The molecule has 0 fully saturated rings. The van der Waals surface area contributed by atoms with E-state index in [1.165, 1.54) is 0 Å². The first-order chi connectivity index (χ1) is 6.27. The zero-order valence-electron chi connectivity index (χ0n) is 7.71. The van der Waals surface area contributed by atoms with Crippen LogP contribution in [0, 0.1) is 5.92 Å². The molecule has 2 heteroatoms. The average Bonchev–Trinajstić information content (AvgIpc) is 2.27. The molecular weight excluding hydrogens is 162 g/mol. The van der Waals surface area contributed by atoms with Gasteiger partial charge in [-0.1, -0.05) is 19.1 Å². The van der Waals surface area contributed by atoms with Crippen LogP contribution in [0.5, 0.6) is 0 Å². The number of para-hydroxylation sites is 1. The lowest BCUT2D eigenvalue weighted by molar-refractivity contribution is 0.0970. The van der Waals surface area contributed by atoms with Crippen molar-refractivity contribution in [2.75, 3.05) is 11.9 Å². The van der Waals surface area contributed by atoms with E-state index in [0.717, 1.165) is 17.8 Å². The second-order valence-corrected chi connectivity index (χ2v) is 3.66. The van der Waals surface area contributed by atoms with Crippen LogP contribution in [-0.4, -0.2) is 12.3 Å². The predicted octanol–water partition coefficient (Wildman–Crippen LogP) is 2.32. The first kappa shape index (κ1) is 8.30. The molecule has 2 rings (SSSR count). The van der Waals surface area contributed by atoms with Crippen molar-refractivity contribution in [3.8, 4) is 0 Å². The molecule has 1 heterocycles.